The van der Waals surface area contributed by atoms with Crippen LogP contribution in [0, 0.1) is 5.92 Å². The third-order valence-electron chi connectivity index (χ3n) is 4.58. The molecule has 2 rings (SSSR count). The number of nitrogens with one attached hydrogen (secondary N) is 1. The highest BCUT2D eigenvalue weighted by Gasteiger charge is 2.26. The summed E-state index contributed by atoms with van der Waals surface area (Å²) in [4.78, 5) is 6.94. The van der Waals surface area contributed by atoms with Gasteiger partial charge in [0.05, 0.1) is 0 Å². The van der Waals surface area contributed by atoms with E-state index in [4.69, 9.17) is 10.7 Å². The topological polar surface area (TPSA) is 70.8 Å². The van der Waals surface area contributed by atoms with E-state index in [0.717, 1.165) is 37.7 Å². The standard InChI is InChI=1S/C15H29N5/c1-4-6-7-12(5-2)14-17-15(19-18-14)20-9-8-11(3)13(16)10-20/h11-13H,4-10,16H2,1-3H3,(H,17,18,19). The molecule has 1 saturated heterocycles. The van der Waals surface area contributed by atoms with Crippen LogP contribution in [0.3, 0.4) is 0 Å². The zero-order valence-electron chi connectivity index (χ0n) is 13.1. The number of H-pyrrole nitrogens is 1. The van der Waals surface area contributed by atoms with Crippen molar-refractivity contribution in [3.8, 4) is 0 Å². The Labute approximate surface area is 122 Å². The van der Waals surface area contributed by atoms with E-state index in [9.17, 15) is 0 Å². The lowest BCUT2D eigenvalue weighted by atomic mass is 9.94. The molecule has 1 aromatic rings. The molecule has 5 nitrogen and oxygen atoms in total. The van der Waals surface area contributed by atoms with Crippen LogP contribution in [-0.4, -0.2) is 34.3 Å². The highest BCUT2D eigenvalue weighted by molar-refractivity contribution is 5.30. The zero-order valence-corrected chi connectivity index (χ0v) is 13.1. The Balaban J connectivity index is 2.00. The lowest BCUT2D eigenvalue weighted by molar-refractivity contribution is 0.376. The maximum Gasteiger partial charge on any atom is 0.244 e. The average molecular weight is 279 g/mol. The molecule has 114 valence electrons. The molecular formula is C15H29N5. The van der Waals surface area contributed by atoms with Crippen molar-refractivity contribution in [2.45, 2.75) is 64.8 Å². The van der Waals surface area contributed by atoms with Crippen LogP contribution in [0.2, 0.25) is 0 Å². The van der Waals surface area contributed by atoms with Crippen LogP contribution in [0.25, 0.3) is 0 Å². The van der Waals surface area contributed by atoms with Crippen LogP contribution in [0.4, 0.5) is 5.95 Å². The van der Waals surface area contributed by atoms with Crippen molar-refractivity contribution in [2.24, 2.45) is 11.7 Å². The minimum absolute atomic E-state index is 0.229. The van der Waals surface area contributed by atoms with Gasteiger partial charge in [-0.2, -0.15) is 4.98 Å². The number of aromatic nitrogens is 3. The number of hydrogen-bond donors (Lipinski definition) is 2. The quantitative estimate of drug-likeness (QED) is 0.840. The summed E-state index contributed by atoms with van der Waals surface area (Å²) in [5, 5.41) is 7.56. The molecule has 1 fully saturated rings. The Kier molecular flexibility index (Phi) is 5.40. The lowest BCUT2D eigenvalue weighted by Crippen LogP contribution is -2.48. The molecule has 0 aliphatic carbocycles. The Morgan fingerprint density at radius 1 is 1.45 bits per heavy atom. The molecule has 0 spiro atoms. The first-order valence-corrected chi connectivity index (χ1v) is 8.08. The SMILES string of the molecule is CCCCC(CC)c1nc(N2CCC(C)C(N)C2)n[nH]1. The summed E-state index contributed by atoms with van der Waals surface area (Å²) in [7, 11) is 0. The molecule has 3 atom stereocenters. The first-order chi connectivity index (χ1) is 9.65. The fraction of sp³-hybridized carbons (Fsp3) is 0.867. The van der Waals surface area contributed by atoms with Gasteiger partial charge in [0.25, 0.3) is 0 Å². The summed E-state index contributed by atoms with van der Waals surface area (Å²) in [6.07, 6.45) is 5.92. The summed E-state index contributed by atoms with van der Waals surface area (Å²) in [5.41, 5.74) is 6.16. The Morgan fingerprint density at radius 2 is 2.25 bits per heavy atom. The fourth-order valence-electron chi connectivity index (χ4n) is 2.85. The second-order valence-corrected chi connectivity index (χ2v) is 6.14. The van der Waals surface area contributed by atoms with Gasteiger partial charge in [0, 0.05) is 25.0 Å². The van der Waals surface area contributed by atoms with Gasteiger partial charge in [-0.15, -0.1) is 5.10 Å². The highest BCUT2D eigenvalue weighted by Crippen LogP contribution is 2.25. The lowest BCUT2D eigenvalue weighted by Gasteiger charge is -2.34. The fourth-order valence-corrected chi connectivity index (χ4v) is 2.85. The molecule has 3 N–H and O–H groups in total. The van der Waals surface area contributed by atoms with Crippen molar-refractivity contribution in [3.63, 3.8) is 0 Å². The molecule has 0 radical (unpaired) electrons. The van der Waals surface area contributed by atoms with Gasteiger partial charge in [0.2, 0.25) is 5.95 Å². The Hall–Kier alpha value is -1.10. The number of nitrogens with two attached hydrogens (primary N) is 1. The van der Waals surface area contributed by atoms with Crippen molar-refractivity contribution >= 4 is 5.95 Å². The van der Waals surface area contributed by atoms with Crippen LogP contribution in [0.15, 0.2) is 0 Å². The monoisotopic (exact) mass is 279 g/mol. The van der Waals surface area contributed by atoms with E-state index < -0.39 is 0 Å². The molecule has 3 unspecified atom stereocenters. The number of anilines is 1. The van der Waals surface area contributed by atoms with Crippen LogP contribution in [0.1, 0.15) is 64.6 Å². The number of piperidine rings is 1. The molecule has 1 aliphatic heterocycles. The second kappa shape index (κ2) is 7.07. The molecule has 2 heterocycles. The summed E-state index contributed by atoms with van der Waals surface area (Å²) in [6, 6.07) is 0.229. The van der Waals surface area contributed by atoms with Gasteiger partial charge >= 0.3 is 0 Å². The zero-order chi connectivity index (χ0) is 14.5. The van der Waals surface area contributed by atoms with Gasteiger partial charge in [-0.1, -0.05) is 33.6 Å². The van der Waals surface area contributed by atoms with Crippen molar-refractivity contribution in [1.82, 2.24) is 15.2 Å². The van der Waals surface area contributed by atoms with Crippen molar-refractivity contribution in [2.75, 3.05) is 18.0 Å². The average Bonchev–Trinajstić information content (AvgIpc) is 2.92. The van der Waals surface area contributed by atoms with E-state index in [1.54, 1.807) is 0 Å². The molecule has 0 aromatic carbocycles. The largest absolute Gasteiger partial charge is 0.338 e. The van der Waals surface area contributed by atoms with Crippen LogP contribution in [-0.2, 0) is 0 Å². The van der Waals surface area contributed by atoms with Crippen molar-refractivity contribution in [3.05, 3.63) is 5.82 Å². The van der Waals surface area contributed by atoms with Gasteiger partial charge in [-0.3, -0.25) is 5.10 Å². The van der Waals surface area contributed by atoms with Gasteiger partial charge in [-0.05, 0) is 25.2 Å². The minimum Gasteiger partial charge on any atom is -0.338 e. The van der Waals surface area contributed by atoms with Crippen molar-refractivity contribution < 1.29 is 0 Å². The smallest absolute Gasteiger partial charge is 0.244 e. The maximum absolute atomic E-state index is 6.16. The number of unbranched alkanes of at least 4 members (excludes halogenated alkanes) is 1. The summed E-state index contributed by atoms with van der Waals surface area (Å²) in [5.74, 6) is 2.98. The number of aromatic amines is 1. The van der Waals surface area contributed by atoms with Gasteiger partial charge in [0.15, 0.2) is 0 Å². The Morgan fingerprint density at radius 3 is 2.90 bits per heavy atom. The van der Waals surface area contributed by atoms with E-state index in [-0.39, 0.29) is 6.04 Å². The van der Waals surface area contributed by atoms with Crippen LogP contribution >= 0.6 is 0 Å². The molecule has 1 aliphatic rings. The Bertz CT molecular complexity index is 403. The second-order valence-electron chi connectivity index (χ2n) is 6.14. The van der Waals surface area contributed by atoms with E-state index >= 15 is 0 Å². The summed E-state index contributed by atoms with van der Waals surface area (Å²) < 4.78 is 0. The normalized spacial score (nSPS) is 24.9. The van der Waals surface area contributed by atoms with E-state index in [1.807, 2.05) is 0 Å². The van der Waals surface area contributed by atoms with Gasteiger partial charge in [-0.25, -0.2) is 0 Å². The molecule has 0 bridgehead atoms. The molecule has 0 amide bonds. The predicted molar refractivity (Wildman–Crippen MR) is 82.9 cm³/mol. The van der Waals surface area contributed by atoms with Crippen molar-refractivity contribution in [1.29, 1.82) is 0 Å². The number of rotatable bonds is 6. The molecule has 5 heteroatoms. The molecule has 20 heavy (non-hydrogen) atoms. The summed E-state index contributed by atoms with van der Waals surface area (Å²) >= 11 is 0. The minimum atomic E-state index is 0.229. The number of hydrogen-bond acceptors (Lipinski definition) is 4. The van der Waals surface area contributed by atoms with Gasteiger partial charge in [0.1, 0.15) is 5.82 Å². The summed E-state index contributed by atoms with van der Waals surface area (Å²) in [6.45, 7) is 8.56. The third-order valence-corrected chi connectivity index (χ3v) is 4.58. The van der Waals surface area contributed by atoms with Crippen LogP contribution < -0.4 is 10.6 Å². The third kappa shape index (κ3) is 3.51. The first kappa shape index (κ1) is 15.3. The van der Waals surface area contributed by atoms with Gasteiger partial charge < -0.3 is 10.6 Å². The highest BCUT2D eigenvalue weighted by atomic mass is 15.4. The molecule has 0 saturated carbocycles. The van der Waals surface area contributed by atoms with E-state index in [1.165, 1.54) is 19.3 Å². The first-order valence-electron chi connectivity index (χ1n) is 8.08. The maximum atomic E-state index is 6.16. The predicted octanol–water partition coefficient (Wildman–Crippen LogP) is 2.66. The van der Waals surface area contributed by atoms with E-state index in [0.29, 0.717) is 11.8 Å². The number of nitrogens with zero attached hydrogens (tertiary/aromatic N) is 3. The van der Waals surface area contributed by atoms with E-state index in [2.05, 4.69) is 35.9 Å². The molecular weight excluding hydrogens is 250 g/mol. The van der Waals surface area contributed by atoms with Crippen LogP contribution in [0.5, 0.6) is 0 Å². The molecule has 1 aromatic heterocycles.